The lowest BCUT2D eigenvalue weighted by atomic mass is 9.99. The number of fused-ring (bicyclic) bond motifs is 1. The van der Waals surface area contributed by atoms with Gasteiger partial charge in [-0.1, -0.05) is 0 Å². The van der Waals surface area contributed by atoms with Gasteiger partial charge in [0.05, 0.1) is 13.7 Å². The minimum absolute atomic E-state index is 0.0363. The van der Waals surface area contributed by atoms with Gasteiger partial charge >= 0.3 is 6.09 Å². The number of ether oxygens (including phenoxy) is 1. The van der Waals surface area contributed by atoms with E-state index in [1.54, 1.807) is 18.5 Å². The molecule has 5 nitrogen and oxygen atoms in total. The van der Waals surface area contributed by atoms with E-state index in [1.807, 2.05) is 0 Å². The van der Waals surface area contributed by atoms with E-state index in [-0.39, 0.29) is 12.3 Å². The Balaban J connectivity index is 2.31. The van der Waals surface area contributed by atoms with Crippen LogP contribution in [0.4, 0.5) is 4.79 Å². The highest BCUT2D eigenvalue weighted by molar-refractivity contribution is 6.03. The molecule has 0 fully saturated rings. The molecule has 2 heterocycles. The number of nitrogens with zero attached hydrogens (tertiary/aromatic N) is 1. The van der Waals surface area contributed by atoms with Gasteiger partial charge in [-0.3, -0.25) is 9.69 Å². The number of hydrogen-bond acceptors (Lipinski definition) is 4. The number of carbonyl (C=O) groups excluding carboxylic acids is 2. The van der Waals surface area contributed by atoms with Crippen molar-refractivity contribution < 1.29 is 14.3 Å². The molecule has 0 aromatic heterocycles. The highest BCUT2D eigenvalue weighted by atomic mass is 16.5. The molecular weight excluding hydrogens is 196 g/mol. The van der Waals surface area contributed by atoms with Gasteiger partial charge in [0.15, 0.2) is 5.78 Å². The molecule has 5 heteroatoms. The Kier molecular flexibility index (Phi) is 2.29. The van der Waals surface area contributed by atoms with E-state index in [1.165, 1.54) is 18.2 Å². The summed E-state index contributed by atoms with van der Waals surface area (Å²) in [6.45, 7) is 0.262. The lowest BCUT2D eigenvalue weighted by Gasteiger charge is -2.22. The Labute approximate surface area is 86.7 Å². The van der Waals surface area contributed by atoms with Crippen LogP contribution in [0.1, 0.15) is 0 Å². The Bertz CT molecular complexity index is 407. The van der Waals surface area contributed by atoms with Crippen LogP contribution >= 0.6 is 0 Å². The van der Waals surface area contributed by atoms with Gasteiger partial charge in [-0.15, -0.1) is 0 Å². The molecule has 78 valence electrons. The van der Waals surface area contributed by atoms with E-state index in [0.29, 0.717) is 5.57 Å². The molecule has 0 aliphatic carbocycles. The fourth-order valence-corrected chi connectivity index (χ4v) is 1.43. The van der Waals surface area contributed by atoms with Crippen LogP contribution in [-0.2, 0) is 9.53 Å². The van der Waals surface area contributed by atoms with E-state index >= 15 is 0 Å². The molecule has 1 N–H and O–H groups in total. The topological polar surface area (TPSA) is 58.6 Å². The van der Waals surface area contributed by atoms with Crippen LogP contribution < -0.4 is 5.32 Å². The molecule has 2 aliphatic rings. The second kappa shape index (κ2) is 3.61. The minimum Gasteiger partial charge on any atom is -0.452 e. The van der Waals surface area contributed by atoms with Crippen molar-refractivity contribution in [2.24, 2.45) is 0 Å². The molecule has 0 spiro atoms. The molecule has 0 radical (unpaired) electrons. The zero-order valence-corrected chi connectivity index (χ0v) is 8.19. The summed E-state index contributed by atoms with van der Waals surface area (Å²) < 4.78 is 4.55. The average Bonchev–Trinajstić information content (AvgIpc) is 2.28. The number of methoxy groups -OCH3 is 1. The number of allylic oxidation sites excluding steroid dienone is 2. The van der Waals surface area contributed by atoms with Crippen molar-refractivity contribution in [2.45, 2.75) is 0 Å². The minimum atomic E-state index is -0.510. The normalized spacial score (nSPS) is 18.7. The van der Waals surface area contributed by atoms with Crippen molar-refractivity contribution in [3.8, 4) is 0 Å². The summed E-state index contributed by atoms with van der Waals surface area (Å²) in [5.74, 6) is -0.0363. The van der Waals surface area contributed by atoms with Crippen molar-refractivity contribution in [1.29, 1.82) is 0 Å². The van der Waals surface area contributed by atoms with Crippen molar-refractivity contribution in [1.82, 2.24) is 10.2 Å². The Hall–Kier alpha value is -2.04. The molecule has 2 rings (SSSR count). The summed E-state index contributed by atoms with van der Waals surface area (Å²) in [7, 11) is 1.30. The summed E-state index contributed by atoms with van der Waals surface area (Å²) in [6, 6.07) is 0. The zero-order valence-electron chi connectivity index (χ0n) is 8.19. The Morgan fingerprint density at radius 1 is 1.60 bits per heavy atom. The number of nitrogens with one attached hydrogen (secondary N) is 1. The van der Waals surface area contributed by atoms with Gasteiger partial charge in [-0.25, -0.2) is 4.79 Å². The van der Waals surface area contributed by atoms with Gasteiger partial charge in [0.25, 0.3) is 0 Å². The third kappa shape index (κ3) is 1.63. The first kappa shape index (κ1) is 9.51. The standard InChI is InChI=1S/C10H10N2O3/c1-15-10(14)12-3-2-7-4-11-5-9(13)8(7)6-12/h2-4,6,11H,5H2,1H3. The first-order chi connectivity index (χ1) is 7.22. The second-order valence-electron chi connectivity index (χ2n) is 3.14. The molecule has 0 unspecified atom stereocenters. The third-order valence-corrected chi connectivity index (χ3v) is 2.20. The van der Waals surface area contributed by atoms with Crippen molar-refractivity contribution >= 4 is 11.9 Å². The average molecular weight is 206 g/mol. The summed E-state index contributed by atoms with van der Waals surface area (Å²) in [6.07, 6.45) is 5.97. The molecule has 0 aromatic carbocycles. The molecule has 2 aliphatic heterocycles. The molecule has 0 saturated carbocycles. The van der Waals surface area contributed by atoms with Crippen LogP contribution in [-0.4, -0.2) is 30.4 Å². The maximum absolute atomic E-state index is 11.5. The Morgan fingerprint density at radius 3 is 3.13 bits per heavy atom. The van der Waals surface area contributed by atoms with Crippen molar-refractivity contribution in [3.63, 3.8) is 0 Å². The number of rotatable bonds is 0. The molecular formula is C10H10N2O3. The molecule has 0 atom stereocenters. The lowest BCUT2D eigenvalue weighted by Crippen LogP contribution is -2.31. The van der Waals surface area contributed by atoms with Gasteiger partial charge < -0.3 is 10.1 Å². The van der Waals surface area contributed by atoms with Crippen LogP contribution in [0.5, 0.6) is 0 Å². The van der Waals surface area contributed by atoms with E-state index in [4.69, 9.17) is 0 Å². The lowest BCUT2D eigenvalue weighted by molar-refractivity contribution is -0.114. The summed E-state index contributed by atoms with van der Waals surface area (Å²) in [5, 5.41) is 2.85. The van der Waals surface area contributed by atoms with Crippen LogP contribution in [0.25, 0.3) is 0 Å². The fourth-order valence-electron chi connectivity index (χ4n) is 1.43. The van der Waals surface area contributed by atoms with Crippen molar-refractivity contribution in [3.05, 3.63) is 35.8 Å². The predicted octanol–water partition coefficient (Wildman–Crippen LogP) is 0.522. The predicted molar refractivity (Wildman–Crippen MR) is 52.6 cm³/mol. The van der Waals surface area contributed by atoms with E-state index in [2.05, 4.69) is 10.1 Å². The number of ketones is 1. The number of hydrogen-bond donors (Lipinski definition) is 1. The van der Waals surface area contributed by atoms with E-state index in [0.717, 1.165) is 5.57 Å². The van der Waals surface area contributed by atoms with Gasteiger partial charge in [0.1, 0.15) is 0 Å². The first-order valence-corrected chi connectivity index (χ1v) is 4.46. The number of amides is 1. The fraction of sp³-hybridized carbons (Fsp3) is 0.200. The molecule has 0 aromatic rings. The molecule has 15 heavy (non-hydrogen) atoms. The first-order valence-electron chi connectivity index (χ1n) is 4.46. The maximum atomic E-state index is 11.5. The SMILES string of the molecule is COC(=O)N1C=CC2=CNCC(=O)C2=C1. The van der Waals surface area contributed by atoms with Crippen molar-refractivity contribution in [2.75, 3.05) is 13.7 Å². The molecule has 1 amide bonds. The van der Waals surface area contributed by atoms with Gasteiger partial charge in [-0.05, 0) is 6.08 Å². The van der Waals surface area contributed by atoms with Crippen LogP contribution in [0.3, 0.4) is 0 Å². The van der Waals surface area contributed by atoms with E-state index < -0.39 is 6.09 Å². The summed E-state index contributed by atoms with van der Waals surface area (Å²) in [4.78, 5) is 24.0. The third-order valence-electron chi connectivity index (χ3n) is 2.20. The van der Waals surface area contributed by atoms with Gasteiger partial charge in [-0.2, -0.15) is 0 Å². The number of Topliss-reactive ketones (excluding diaryl/α,β-unsaturated/α-hetero) is 1. The van der Waals surface area contributed by atoms with Gasteiger partial charge in [0, 0.05) is 29.7 Å². The molecule has 0 bridgehead atoms. The summed E-state index contributed by atoms with van der Waals surface area (Å²) in [5.41, 5.74) is 1.31. The monoisotopic (exact) mass is 206 g/mol. The zero-order chi connectivity index (χ0) is 10.8. The van der Waals surface area contributed by atoms with Crippen LogP contribution in [0.15, 0.2) is 35.8 Å². The van der Waals surface area contributed by atoms with Crippen LogP contribution in [0.2, 0.25) is 0 Å². The van der Waals surface area contributed by atoms with Crippen LogP contribution in [0, 0.1) is 0 Å². The molecule has 0 saturated heterocycles. The number of carbonyl (C=O) groups is 2. The second-order valence-corrected chi connectivity index (χ2v) is 3.14. The van der Waals surface area contributed by atoms with Gasteiger partial charge in [0.2, 0.25) is 0 Å². The Morgan fingerprint density at radius 2 is 2.40 bits per heavy atom. The largest absolute Gasteiger partial charge is 0.452 e. The summed E-state index contributed by atoms with van der Waals surface area (Å²) >= 11 is 0. The highest BCUT2D eigenvalue weighted by Gasteiger charge is 2.22. The smallest absolute Gasteiger partial charge is 0.417 e. The quantitative estimate of drug-likeness (QED) is 0.627. The maximum Gasteiger partial charge on any atom is 0.417 e. The van der Waals surface area contributed by atoms with E-state index in [9.17, 15) is 9.59 Å². The highest BCUT2D eigenvalue weighted by Crippen LogP contribution is 2.21.